The van der Waals surface area contributed by atoms with Gasteiger partial charge in [-0.1, -0.05) is 35.5 Å². The van der Waals surface area contributed by atoms with Crippen LogP contribution >= 0.6 is 35.0 Å². The molecule has 18 heavy (non-hydrogen) atoms. The molecule has 0 spiro atoms. The first-order chi connectivity index (χ1) is 8.61. The van der Waals surface area contributed by atoms with Gasteiger partial charge in [0.05, 0.1) is 17.8 Å². The summed E-state index contributed by atoms with van der Waals surface area (Å²) in [5.74, 6) is 1.29. The molecule has 0 fully saturated rings. The van der Waals surface area contributed by atoms with Gasteiger partial charge in [-0.3, -0.25) is 0 Å². The van der Waals surface area contributed by atoms with Crippen molar-refractivity contribution in [3.05, 3.63) is 46.2 Å². The third-order valence-corrected chi connectivity index (χ3v) is 4.46. The van der Waals surface area contributed by atoms with Gasteiger partial charge in [0, 0.05) is 17.8 Å². The minimum Gasteiger partial charge on any atom is -0.325 e. The fourth-order valence-corrected chi connectivity index (χ4v) is 3.20. The third-order valence-electron chi connectivity index (χ3n) is 2.74. The number of aromatic nitrogens is 2. The number of thioether (sulfide) groups is 1. The Morgan fingerprint density at radius 1 is 1.39 bits per heavy atom. The molecule has 2 aromatic rings. The first kappa shape index (κ1) is 13.8. The summed E-state index contributed by atoms with van der Waals surface area (Å²) in [5, 5.41) is 1.77. The van der Waals surface area contributed by atoms with Crippen LogP contribution in [0, 0.1) is 6.92 Å². The molecule has 1 heterocycles. The molecular formula is C13H14Cl2N2S. The lowest BCUT2D eigenvalue weighted by molar-refractivity contribution is 0.761. The summed E-state index contributed by atoms with van der Waals surface area (Å²) in [6.45, 7) is 2.04. The molecule has 96 valence electrons. The highest BCUT2D eigenvalue weighted by molar-refractivity contribution is 7.98. The molecule has 0 bridgehead atoms. The first-order valence-corrected chi connectivity index (χ1v) is 7.46. The number of aryl methyl sites for hydroxylation is 1. The molecule has 2 nitrogen and oxygen atoms in total. The zero-order chi connectivity index (χ0) is 13.1. The van der Waals surface area contributed by atoms with E-state index in [0.717, 1.165) is 27.2 Å². The van der Waals surface area contributed by atoms with Gasteiger partial charge in [0.25, 0.3) is 0 Å². The molecule has 2 rings (SSSR count). The summed E-state index contributed by atoms with van der Waals surface area (Å²) in [7, 11) is 1.98. The number of alkyl halides is 1. The van der Waals surface area contributed by atoms with Gasteiger partial charge in [-0.25, -0.2) is 4.98 Å². The van der Waals surface area contributed by atoms with E-state index < -0.39 is 0 Å². The molecule has 0 unspecified atom stereocenters. The Bertz CT molecular complexity index is 552. The molecule has 0 atom stereocenters. The lowest BCUT2D eigenvalue weighted by Gasteiger charge is -2.06. The van der Waals surface area contributed by atoms with Crippen molar-refractivity contribution in [2.45, 2.75) is 23.7 Å². The lowest BCUT2D eigenvalue weighted by atomic mass is 10.2. The molecular weight excluding hydrogens is 287 g/mol. The maximum absolute atomic E-state index is 6.21. The van der Waals surface area contributed by atoms with E-state index in [2.05, 4.69) is 17.1 Å². The zero-order valence-electron chi connectivity index (χ0n) is 10.3. The van der Waals surface area contributed by atoms with Crippen molar-refractivity contribution >= 4 is 35.0 Å². The van der Waals surface area contributed by atoms with Crippen LogP contribution in [0.1, 0.15) is 16.8 Å². The lowest BCUT2D eigenvalue weighted by Crippen LogP contribution is -1.95. The molecule has 0 N–H and O–H groups in total. The Morgan fingerprint density at radius 3 is 2.78 bits per heavy atom. The quantitative estimate of drug-likeness (QED) is 0.615. The van der Waals surface area contributed by atoms with Crippen LogP contribution in [0.4, 0.5) is 0 Å². The second-order valence-electron chi connectivity index (χ2n) is 4.11. The molecule has 0 aliphatic heterocycles. The normalized spacial score (nSPS) is 10.9. The molecule has 5 heteroatoms. The molecule has 0 aliphatic carbocycles. The van der Waals surface area contributed by atoms with Crippen molar-refractivity contribution < 1.29 is 0 Å². The van der Waals surface area contributed by atoms with Crippen LogP contribution in [0.2, 0.25) is 5.02 Å². The number of rotatable bonds is 4. The van der Waals surface area contributed by atoms with Crippen LogP contribution in [0.15, 0.2) is 29.6 Å². The standard InChI is InChI=1S/C13H14Cl2N2S/c1-9-3-4-10(12(15)5-9)8-18-13-16-7-11(6-14)17(13)2/h3-5,7H,6,8H2,1-2H3. The average molecular weight is 301 g/mol. The molecule has 1 aromatic carbocycles. The Labute approximate surface area is 121 Å². The summed E-state index contributed by atoms with van der Waals surface area (Å²) in [6.07, 6.45) is 1.81. The van der Waals surface area contributed by atoms with Gasteiger partial charge in [-0.2, -0.15) is 0 Å². The Hall–Kier alpha value is -0.640. The van der Waals surface area contributed by atoms with Crippen molar-refractivity contribution in [1.29, 1.82) is 0 Å². The Balaban J connectivity index is 2.09. The number of benzene rings is 1. The van der Waals surface area contributed by atoms with Gasteiger partial charge in [0.15, 0.2) is 5.16 Å². The van der Waals surface area contributed by atoms with E-state index in [1.807, 2.05) is 30.8 Å². The summed E-state index contributed by atoms with van der Waals surface area (Å²) >= 11 is 13.7. The number of nitrogens with zero attached hydrogens (tertiary/aromatic N) is 2. The average Bonchev–Trinajstić information content (AvgIpc) is 2.69. The molecule has 0 radical (unpaired) electrons. The van der Waals surface area contributed by atoms with Gasteiger partial charge in [0.2, 0.25) is 0 Å². The smallest absolute Gasteiger partial charge is 0.168 e. The topological polar surface area (TPSA) is 17.8 Å². The first-order valence-electron chi connectivity index (χ1n) is 5.56. The highest BCUT2D eigenvalue weighted by Crippen LogP contribution is 2.27. The monoisotopic (exact) mass is 300 g/mol. The van der Waals surface area contributed by atoms with Crippen molar-refractivity contribution in [3.8, 4) is 0 Å². The molecule has 0 saturated heterocycles. The Kier molecular flexibility index (Phi) is 4.60. The van der Waals surface area contributed by atoms with E-state index in [4.69, 9.17) is 23.2 Å². The zero-order valence-corrected chi connectivity index (χ0v) is 12.6. The van der Waals surface area contributed by atoms with Crippen LogP contribution in [-0.4, -0.2) is 9.55 Å². The number of halogens is 2. The fourth-order valence-electron chi connectivity index (χ4n) is 1.60. The number of hydrogen-bond donors (Lipinski definition) is 0. The van der Waals surface area contributed by atoms with Crippen LogP contribution < -0.4 is 0 Å². The predicted molar refractivity (Wildman–Crippen MR) is 78.5 cm³/mol. The van der Waals surface area contributed by atoms with Crippen LogP contribution in [0.25, 0.3) is 0 Å². The maximum Gasteiger partial charge on any atom is 0.168 e. The molecule has 0 amide bonds. The fraction of sp³-hybridized carbons (Fsp3) is 0.308. The largest absolute Gasteiger partial charge is 0.325 e. The molecule has 0 saturated carbocycles. The number of imidazole rings is 1. The third kappa shape index (κ3) is 3.02. The SMILES string of the molecule is Cc1ccc(CSc2ncc(CCl)n2C)c(Cl)c1. The van der Waals surface area contributed by atoms with Crippen LogP contribution in [0.5, 0.6) is 0 Å². The van der Waals surface area contributed by atoms with Crippen LogP contribution in [-0.2, 0) is 18.7 Å². The van der Waals surface area contributed by atoms with E-state index in [0.29, 0.717) is 5.88 Å². The van der Waals surface area contributed by atoms with E-state index >= 15 is 0 Å². The predicted octanol–water partition coefficient (Wildman–Crippen LogP) is 4.41. The minimum absolute atomic E-state index is 0.481. The van der Waals surface area contributed by atoms with Gasteiger partial charge in [0.1, 0.15) is 0 Å². The van der Waals surface area contributed by atoms with E-state index in [1.54, 1.807) is 11.8 Å². The van der Waals surface area contributed by atoms with Gasteiger partial charge < -0.3 is 4.57 Å². The van der Waals surface area contributed by atoms with Crippen LogP contribution in [0.3, 0.4) is 0 Å². The number of hydrogen-bond acceptors (Lipinski definition) is 2. The van der Waals surface area contributed by atoms with Crippen molar-refractivity contribution in [2.75, 3.05) is 0 Å². The molecule has 0 aliphatic rings. The summed E-state index contributed by atoms with van der Waals surface area (Å²) in [6, 6.07) is 6.13. The van der Waals surface area contributed by atoms with E-state index in [-0.39, 0.29) is 0 Å². The van der Waals surface area contributed by atoms with E-state index in [1.165, 1.54) is 5.56 Å². The molecule has 1 aromatic heterocycles. The Morgan fingerprint density at radius 2 is 2.17 bits per heavy atom. The van der Waals surface area contributed by atoms with Gasteiger partial charge >= 0.3 is 0 Å². The second kappa shape index (κ2) is 6.00. The van der Waals surface area contributed by atoms with E-state index in [9.17, 15) is 0 Å². The van der Waals surface area contributed by atoms with Gasteiger partial charge in [-0.15, -0.1) is 11.6 Å². The second-order valence-corrected chi connectivity index (χ2v) is 5.73. The highest BCUT2D eigenvalue weighted by atomic mass is 35.5. The summed E-state index contributed by atoms with van der Waals surface area (Å²) in [4.78, 5) is 4.35. The minimum atomic E-state index is 0.481. The van der Waals surface area contributed by atoms with Crippen molar-refractivity contribution in [2.24, 2.45) is 7.05 Å². The van der Waals surface area contributed by atoms with Gasteiger partial charge in [-0.05, 0) is 24.1 Å². The highest BCUT2D eigenvalue weighted by Gasteiger charge is 2.08. The summed E-state index contributed by atoms with van der Waals surface area (Å²) < 4.78 is 2.01. The summed E-state index contributed by atoms with van der Waals surface area (Å²) in [5.41, 5.74) is 3.33. The van der Waals surface area contributed by atoms with Crippen molar-refractivity contribution in [3.63, 3.8) is 0 Å². The van der Waals surface area contributed by atoms with Crippen molar-refractivity contribution in [1.82, 2.24) is 9.55 Å². The maximum atomic E-state index is 6.21.